The Morgan fingerprint density at radius 1 is 1.30 bits per heavy atom. The highest BCUT2D eigenvalue weighted by Crippen LogP contribution is 2.36. The molecule has 0 spiro atoms. The molecule has 0 radical (unpaired) electrons. The number of nitrogens with one attached hydrogen (secondary N) is 3. The van der Waals surface area contributed by atoms with Gasteiger partial charge in [-0.25, -0.2) is 0 Å². The molecule has 0 saturated heterocycles. The molecular weight excluding hydrogens is 422 g/mol. The van der Waals surface area contributed by atoms with E-state index in [4.69, 9.17) is 9.47 Å². The van der Waals surface area contributed by atoms with Gasteiger partial charge in [-0.2, -0.15) is 15.1 Å². The van der Waals surface area contributed by atoms with Crippen molar-refractivity contribution in [2.75, 3.05) is 19.5 Å². The Labute approximate surface area is 191 Å². The first-order valence-electron chi connectivity index (χ1n) is 10.6. The summed E-state index contributed by atoms with van der Waals surface area (Å²) in [6.07, 6.45) is 6.40. The molecule has 0 aliphatic heterocycles. The average molecular weight is 450 g/mol. The topological polar surface area (TPSA) is 119 Å². The van der Waals surface area contributed by atoms with Crippen molar-refractivity contribution in [2.24, 2.45) is 7.05 Å². The third-order valence-corrected chi connectivity index (χ3v) is 5.34. The molecule has 1 amide bonds. The number of ether oxygens (including phenoxy) is 2. The zero-order valence-corrected chi connectivity index (χ0v) is 19.3. The van der Waals surface area contributed by atoms with E-state index in [1.54, 1.807) is 43.2 Å². The number of rotatable bonds is 8. The maximum absolute atomic E-state index is 12.0. The van der Waals surface area contributed by atoms with Crippen molar-refractivity contribution in [2.45, 2.75) is 26.4 Å². The van der Waals surface area contributed by atoms with E-state index in [-0.39, 0.29) is 12.0 Å². The van der Waals surface area contributed by atoms with Gasteiger partial charge in [0.05, 0.1) is 30.5 Å². The minimum Gasteiger partial charge on any atom is -0.495 e. The average Bonchev–Trinajstić information content (AvgIpc) is 3.44. The molecule has 0 bridgehead atoms. The lowest BCUT2D eigenvalue weighted by Crippen LogP contribution is -2.17. The zero-order valence-electron chi connectivity index (χ0n) is 19.3. The third kappa shape index (κ3) is 4.45. The summed E-state index contributed by atoms with van der Waals surface area (Å²) in [5.41, 5.74) is 3.59. The highest BCUT2D eigenvalue weighted by Gasteiger charge is 2.19. The first-order valence-corrected chi connectivity index (χ1v) is 10.6. The third-order valence-electron chi connectivity index (χ3n) is 5.34. The summed E-state index contributed by atoms with van der Waals surface area (Å²) in [4.78, 5) is 24.5. The van der Waals surface area contributed by atoms with Crippen LogP contribution in [0.15, 0.2) is 36.8 Å². The van der Waals surface area contributed by atoms with Gasteiger partial charge < -0.3 is 25.1 Å². The van der Waals surface area contributed by atoms with Crippen LogP contribution >= 0.6 is 0 Å². The molecule has 3 heterocycles. The number of aromatic nitrogens is 5. The number of H-pyrrole nitrogens is 1. The number of methoxy groups -OCH3 is 1. The first-order chi connectivity index (χ1) is 15.9. The summed E-state index contributed by atoms with van der Waals surface area (Å²) in [7, 11) is 5.00. The predicted molar refractivity (Wildman–Crippen MR) is 126 cm³/mol. The van der Waals surface area contributed by atoms with E-state index < -0.39 is 0 Å². The van der Waals surface area contributed by atoms with Crippen LogP contribution in [0.3, 0.4) is 0 Å². The molecule has 33 heavy (non-hydrogen) atoms. The summed E-state index contributed by atoms with van der Waals surface area (Å²) in [5, 5.41) is 10.9. The molecule has 1 aromatic carbocycles. The number of aryl methyl sites for hydroxylation is 1. The highest BCUT2D eigenvalue weighted by molar-refractivity contribution is 5.98. The maximum Gasteiger partial charge on any atom is 0.251 e. The van der Waals surface area contributed by atoms with Gasteiger partial charge in [0.1, 0.15) is 11.4 Å². The normalized spacial score (nSPS) is 11.9. The summed E-state index contributed by atoms with van der Waals surface area (Å²) < 4.78 is 13.4. The number of hydrogen-bond donors (Lipinski definition) is 3. The van der Waals surface area contributed by atoms with Gasteiger partial charge in [0.15, 0.2) is 0 Å². The van der Waals surface area contributed by atoms with Crippen LogP contribution in [0.5, 0.6) is 11.6 Å². The van der Waals surface area contributed by atoms with E-state index in [0.29, 0.717) is 34.5 Å². The largest absolute Gasteiger partial charge is 0.495 e. The highest BCUT2D eigenvalue weighted by atomic mass is 16.5. The van der Waals surface area contributed by atoms with E-state index in [2.05, 4.69) is 37.6 Å². The fourth-order valence-corrected chi connectivity index (χ4v) is 3.40. The van der Waals surface area contributed by atoms with Crippen LogP contribution in [0.1, 0.15) is 30.6 Å². The molecule has 4 aromatic rings. The number of fused-ring (bicyclic) bond motifs is 1. The van der Waals surface area contributed by atoms with Gasteiger partial charge in [-0.15, -0.1) is 0 Å². The molecule has 4 rings (SSSR count). The molecule has 0 saturated carbocycles. The lowest BCUT2D eigenvalue weighted by Gasteiger charge is -2.15. The monoisotopic (exact) mass is 449 g/mol. The van der Waals surface area contributed by atoms with Crippen LogP contribution in [0.2, 0.25) is 0 Å². The molecular formula is C23H27N7O3. The minimum absolute atomic E-state index is 0.0334. The Morgan fingerprint density at radius 2 is 2.12 bits per heavy atom. The molecule has 3 N–H and O–H groups in total. The molecule has 10 nitrogen and oxygen atoms in total. The summed E-state index contributed by atoms with van der Waals surface area (Å²) in [6.45, 7) is 4.05. The summed E-state index contributed by atoms with van der Waals surface area (Å²) >= 11 is 0. The second kappa shape index (κ2) is 9.19. The van der Waals surface area contributed by atoms with E-state index >= 15 is 0 Å². The van der Waals surface area contributed by atoms with E-state index in [1.807, 2.05) is 26.4 Å². The quantitative estimate of drug-likeness (QED) is 0.376. The Morgan fingerprint density at radius 3 is 2.79 bits per heavy atom. The molecule has 1 atom stereocenters. The molecule has 0 fully saturated rings. The second-order valence-corrected chi connectivity index (χ2v) is 7.64. The lowest BCUT2D eigenvalue weighted by atomic mass is 10.1. The Hall–Kier alpha value is -4.08. The van der Waals surface area contributed by atoms with Crippen molar-refractivity contribution in [3.8, 4) is 22.8 Å². The molecule has 0 aliphatic carbocycles. The molecule has 172 valence electrons. The van der Waals surface area contributed by atoms with Gasteiger partial charge in [0, 0.05) is 43.2 Å². The number of anilines is 2. The minimum atomic E-state index is -0.198. The van der Waals surface area contributed by atoms with Gasteiger partial charge in [-0.3, -0.25) is 9.48 Å². The molecule has 0 unspecified atom stereocenters. The Balaban J connectivity index is 1.77. The first kappa shape index (κ1) is 22.1. The van der Waals surface area contributed by atoms with E-state index in [9.17, 15) is 4.79 Å². The van der Waals surface area contributed by atoms with Gasteiger partial charge in [0.2, 0.25) is 11.8 Å². The van der Waals surface area contributed by atoms with Crippen molar-refractivity contribution in [1.82, 2.24) is 30.0 Å². The summed E-state index contributed by atoms with van der Waals surface area (Å²) in [6, 6.07) is 5.11. The summed E-state index contributed by atoms with van der Waals surface area (Å²) in [5.74, 6) is 1.10. The van der Waals surface area contributed by atoms with Gasteiger partial charge >= 0.3 is 0 Å². The van der Waals surface area contributed by atoms with Crippen molar-refractivity contribution < 1.29 is 14.3 Å². The van der Waals surface area contributed by atoms with Gasteiger partial charge in [-0.05, 0) is 31.5 Å². The maximum atomic E-state index is 12.0. The Kier molecular flexibility index (Phi) is 6.16. The number of carbonyl (C=O) groups excluding carboxylic acids is 1. The fraction of sp³-hybridized carbons (Fsp3) is 0.304. The van der Waals surface area contributed by atoms with Gasteiger partial charge in [0.25, 0.3) is 5.91 Å². The lowest BCUT2D eigenvalue weighted by molar-refractivity contribution is 0.0962. The number of amides is 1. The number of nitrogens with zero attached hydrogens (tertiary/aromatic N) is 4. The Bertz CT molecular complexity index is 1290. The van der Waals surface area contributed by atoms with Crippen LogP contribution in [-0.4, -0.2) is 50.9 Å². The van der Waals surface area contributed by atoms with Crippen LogP contribution in [0.25, 0.3) is 22.2 Å². The number of hydrogen-bond acceptors (Lipinski definition) is 7. The van der Waals surface area contributed by atoms with Crippen LogP contribution in [0.4, 0.5) is 11.6 Å². The number of benzene rings is 1. The van der Waals surface area contributed by atoms with E-state index in [0.717, 1.165) is 22.9 Å². The SMILES string of the molecule is CC[C@H](C)Oc1nc(Nc2ccc(C(=O)NC)cc2OC)nc2[nH]cc(-c3cnn(C)c3)c12. The number of carbonyl (C=O) groups is 1. The van der Waals surface area contributed by atoms with Crippen molar-refractivity contribution in [1.29, 1.82) is 0 Å². The standard InChI is InChI=1S/C23H27N7O3/c1-6-13(2)33-22-19-16(15-10-26-30(4)12-15)11-25-20(19)28-23(29-22)27-17-8-7-14(21(31)24-3)9-18(17)32-5/h7-13H,6H2,1-5H3,(H,24,31)(H2,25,27,28,29)/t13-/m0/s1. The second-order valence-electron chi connectivity index (χ2n) is 7.64. The van der Waals surface area contributed by atoms with Crippen LogP contribution < -0.4 is 20.1 Å². The fourth-order valence-electron chi connectivity index (χ4n) is 3.40. The zero-order chi connectivity index (χ0) is 23.5. The van der Waals surface area contributed by atoms with E-state index in [1.165, 1.54) is 0 Å². The van der Waals surface area contributed by atoms with Crippen LogP contribution in [0, 0.1) is 0 Å². The van der Waals surface area contributed by atoms with Crippen molar-refractivity contribution >= 4 is 28.6 Å². The van der Waals surface area contributed by atoms with Crippen LogP contribution in [-0.2, 0) is 7.05 Å². The molecule has 3 aromatic heterocycles. The predicted octanol–water partition coefficient (Wildman–Crippen LogP) is 3.65. The van der Waals surface area contributed by atoms with Gasteiger partial charge in [-0.1, -0.05) is 6.92 Å². The van der Waals surface area contributed by atoms with Crippen molar-refractivity contribution in [3.63, 3.8) is 0 Å². The molecule has 10 heteroatoms. The smallest absolute Gasteiger partial charge is 0.251 e. The van der Waals surface area contributed by atoms with Crippen molar-refractivity contribution in [3.05, 3.63) is 42.4 Å². The molecule has 0 aliphatic rings. The number of aromatic amines is 1.